The number of fused-ring (bicyclic) bond motifs is 10. The van der Waals surface area contributed by atoms with Gasteiger partial charge in [0.1, 0.15) is 0 Å². The highest BCUT2D eigenvalue weighted by Gasteiger charge is 2.21. The molecule has 3 heteroatoms. The van der Waals surface area contributed by atoms with E-state index in [9.17, 15) is 0 Å². The van der Waals surface area contributed by atoms with Crippen LogP contribution in [0, 0.1) is 0 Å². The maximum absolute atomic E-state index is 5.40. The van der Waals surface area contributed by atoms with Crippen molar-refractivity contribution in [3.05, 3.63) is 146 Å². The first-order chi connectivity index (χ1) is 21.3. The Morgan fingerprint density at radius 2 is 0.977 bits per heavy atom. The molecule has 9 rings (SSSR count). The average molecular weight is 565 g/mol. The Hall–Kier alpha value is -5.38. The molecule has 3 aromatic heterocycles. The molecule has 0 unspecified atom stereocenters. The maximum Gasteiger partial charge on any atom is 0.0979 e. The van der Waals surface area contributed by atoms with E-state index < -0.39 is 0 Å². The van der Waals surface area contributed by atoms with Gasteiger partial charge in [-0.3, -0.25) is 0 Å². The zero-order valence-electron chi connectivity index (χ0n) is 23.2. The van der Waals surface area contributed by atoms with Crippen molar-refractivity contribution in [2.24, 2.45) is 0 Å². The van der Waals surface area contributed by atoms with Crippen LogP contribution in [0.5, 0.6) is 0 Å². The summed E-state index contributed by atoms with van der Waals surface area (Å²) in [6.45, 7) is 0. The van der Waals surface area contributed by atoms with E-state index in [1.165, 1.54) is 41.7 Å². The third-order valence-corrected chi connectivity index (χ3v) is 9.61. The molecule has 9 aromatic rings. The number of nitrogens with zero attached hydrogens (tertiary/aromatic N) is 2. The van der Waals surface area contributed by atoms with Gasteiger partial charge < -0.3 is 0 Å². The normalized spacial score (nSPS) is 11.7. The fourth-order valence-corrected chi connectivity index (χ4v) is 7.79. The Kier molecular flexibility index (Phi) is 5.40. The molecule has 0 saturated heterocycles. The minimum absolute atomic E-state index is 0.876. The van der Waals surface area contributed by atoms with E-state index in [0.29, 0.717) is 0 Å². The Balaban J connectivity index is 1.49. The zero-order chi connectivity index (χ0) is 28.3. The molecule has 0 aliphatic carbocycles. The van der Waals surface area contributed by atoms with Gasteiger partial charge in [0.15, 0.2) is 0 Å². The summed E-state index contributed by atoms with van der Waals surface area (Å²) in [6, 6.07) is 51.6. The van der Waals surface area contributed by atoms with Crippen molar-refractivity contribution in [1.82, 2.24) is 9.97 Å². The van der Waals surface area contributed by atoms with Crippen molar-refractivity contribution in [2.45, 2.75) is 0 Å². The summed E-state index contributed by atoms with van der Waals surface area (Å²) in [5.74, 6) is 0. The molecule has 200 valence electrons. The summed E-state index contributed by atoms with van der Waals surface area (Å²) in [7, 11) is 0. The predicted octanol–water partition coefficient (Wildman–Crippen LogP) is 11.3. The van der Waals surface area contributed by atoms with E-state index in [0.717, 1.165) is 44.7 Å². The molecule has 0 bridgehead atoms. The Bertz CT molecular complexity index is 2440. The molecule has 0 saturated carbocycles. The van der Waals surface area contributed by atoms with Crippen LogP contribution in [0.15, 0.2) is 146 Å². The van der Waals surface area contributed by atoms with E-state index in [1.54, 1.807) is 0 Å². The lowest BCUT2D eigenvalue weighted by Gasteiger charge is -2.16. The molecule has 3 heterocycles. The van der Waals surface area contributed by atoms with Crippen molar-refractivity contribution >= 4 is 64.0 Å². The molecule has 0 fully saturated rings. The van der Waals surface area contributed by atoms with Gasteiger partial charge in [0, 0.05) is 41.9 Å². The third kappa shape index (κ3) is 3.79. The minimum Gasteiger partial charge on any atom is -0.246 e. The number of aromatic nitrogens is 2. The number of para-hydroxylation sites is 1. The number of thiophene rings is 1. The molecule has 6 aromatic carbocycles. The van der Waals surface area contributed by atoms with Gasteiger partial charge in [-0.1, -0.05) is 121 Å². The lowest BCUT2D eigenvalue weighted by atomic mass is 9.92. The number of pyridine rings is 2. The number of benzene rings is 6. The van der Waals surface area contributed by atoms with Gasteiger partial charge in [0.2, 0.25) is 0 Å². The van der Waals surface area contributed by atoms with E-state index in [-0.39, 0.29) is 0 Å². The quantitative estimate of drug-likeness (QED) is 0.199. The second-order valence-electron chi connectivity index (χ2n) is 10.9. The fraction of sp³-hybridized carbons (Fsp3) is 0. The number of hydrogen-bond donors (Lipinski definition) is 0. The van der Waals surface area contributed by atoms with E-state index in [1.807, 2.05) is 17.4 Å². The molecule has 2 nitrogen and oxygen atoms in total. The minimum atomic E-state index is 0.876. The Morgan fingerprint density at radius 1 is 0.395 bits per heavy atom. The first-order valence-corrected chi connectivity index (χ1v) is 15.3. The lowest BCUT2D eigenvalue weighted by molar-refractivity contribution is 1.29. The molecule has 43 heavy (non-hydrogen) atoms. The van der Waals surface area contributed by atoms with E-state index in [2.05, 4.69) is 140 Å². The van der Waals surface area contributed by atoms with Crippen LogP contribution in [0.25, 0.3) is 86.4 Å². The fourth-order valence-electron chi connectivity index (χ4n) is 6.51. The predicted molar refractivity (Wildman–Crippen MR) is 184 cm³/mol. The van der Waals surface area contributed by atoms with Crippen LogP contribution >= 0.6 is 11.3 Å². The monoisotopic (exact) mass is 564 g/mol. The molecule has 0 N–H and O–H groups in total. The molecule has 0 radical (unpaired) electrons. The van der Waals surface area contributed by atoms with Crippen molar-refractivity contribution in [3.8, 4) is 33.8 Å². The summed E-state index contributed by atoms with van der Waals surface area (Å²) in [6.07, 6.45) is 0. The lowest BCUT2D eigenvalue weighted by Crippen LogP contribution is -1.96. The van der Waals surface area contributed by atoms with E-state index in [4.69, 9.17) is 9.97 Å². The Labute approximate surface area is 252 Å². The molecule has 0 atom stereocenters. The smallest absolute Gasteiger partial charge is 0.0979 e. The van der Waals surface area contributed by atoms with Gasteiger partial charge in [-0.25, -0.2) is 9.97 Å². The van der Waals surface area contributed by atoms with E-state index >= 15 is 0 Å². The topological polar surface area (TPSA) is 25.8 Å². The van der Waals surface area contributed by atoms with Gasteiger partial charge in [-0.2, -0.15) is 0 Å². The Morgan fingerprint density at radius 3 is 1.74 bits per heavy atom. The van der Waals surface area contributed by atoms with Crippen LogP contribution in [0.3, 0.4) is 0 Å². The van der Waals surface area contributed by atoms with Crippen LogP contribution < -0.4 is 0 Å². The van der Waals surface area contributed by atoms with Crippen molar-refractivity contribution in [1.29, 1.82) is 0 Å². The van der Waals surface area contributed by atoms with Crippen LogP contribution in [0.4, 0.5) is 0 Å². The molecular weight excluding hydrogens is 541 g/mol. The maximum atomic E-state index is 5.40. The highest BCUT2D eigenvalue weighted by atomic mass is 32.1. The van der Waals surface area contributed by atoms with Crippen molar-refractivity contribution in [3.63, 3.8) is 0 Å². The second-order valence-corrected chi connectivity index (χ2v) is 12.0. The molecule has 0 amide bonds. The summed E-state index contributed by atoms with van der Waals surface area (Å²) < 4.78 is 2.60. The van der Waals surface area contributed by atoms with Crippen molar-refractivity contribution in [2.75, 3.05) is 0 Å². The zero-order valence-corrected chi connectivity index (χ0v) is 24.0. The molecular formula is C40H24N2S. The van der Waals surface area contributed by atoms with Crippen LogP contribution in [0.2, 0.25) is 0 Å². The summed E-state index contributed by atoms with van der Waals surface area (Å²) in [4.78, 5) is 10.7. The number of hydrogen-bond acceptors (Lipinski definition) is 3. The SMILES string of the molecule is c1ccc(-c2cc(-c3ccccc3)nc(-c3nc4ccccc4c4c5sc6ccccc6c5c5ccccc5c34)c2)cc1. The number of rotatable bonds is 3. The molecule has 0 aliphatic rings. The van der Waals surface area contributed by atoms with Gasteiger partial charge in [0.05, 0.1) is 22.6 Å². The highest BCUT2D eigenvalue weighted by molar-refractivity contribution is 7.27. The van der Waals surface area contributed by atoms with Crippen LogP contribution in [-0.4, -0.2) is 9.97 Å². The summed E-state index contributed by atoms with van der Waals surface area (Å²) in [5.41, 5.74) is 7.08. The van der Waals surface area contributed by atoms with Gasteiger partial charge >= 0.3 is 0 Å². The van der Waals surface area contributed by atoms with Crippen molar-refractivity contribution < 1.29 is 0 Å². The first-order valence-electron chi connectivity index (χ1n) is 14.5. The highest BCUT2D eigenvalue weighted by Crippen LogP contribution is 2.48. The third-order valence-electron chi connectivity index (χ3n) is 8.43. The summed E-state index contributed by atoms with van der Waals surface area (Å²) in [5, 5.41) is 8.67. The summed E-state index contributed by atoms with van der Waals surface area (Å²) >= 11 is 1.88. The largest absolute Gasteiger partial charge is 0.246 e. The van der Waals surface area contributed by atoms with Crippen LogP contribution in [-0.2, 0) is 0 Å². The van der Waals surface area contributed by atoms with Gasteiger partial charge in [0.25, 0.3) is 0 Å². The molecule has 0 spiro atoms. The average Bonchev–Trinajstić information content (AvgIpc) is 3.48. The van der Waals surface area contributed by atoms with Gasteiger partial charge in [-0.05, 0) is 46.2 Å². The van der Waals surface area contributed by atoms with Gasteiger partial charge in [-0.15, -0.1) is 11.3 Å². The molecule has 0 aliphatic heterocycles. The van der Waals surface area contributed by atoms with Crippen LogP contribution in [0.1, 0.15) is 0 Å². The second kappa shape index (κ2) is 9.59. The first kappa shape index (κ1) is 24.2. The standard InChI is InChI=1S/C40H24N2S/c1-3-13-25(14-4-1)27-23-33(26-15-5-2-6-16-26)41-34(24-27)39-37-29-18-8-7-17-28(29)36-31-20-10-12-22-35(31)43-40(36)38(37)30-19-9-11-21-32(30)42-39/h1-24H.